The Balaban J connectivity index is 1.76. The maximum absolute atomic E-state index is 3.50. The topological polar surface area (TPSA) is 15.3 Å². The summed E-state index contributed by atoms with van der Waals surface area (Å²) in [4.78, 5) is 2.70. The minimum atomic E-state index is 0.557. The van der Waals surface area contributed by atoms with Gasteiger partial charge >= 0.3 is 0 Å². The minimum absolute atomic E-state index is 0.557. The van der Waals surface area contributed by atoms with Gasteiger partial charge in [0.15, 0.2) is 0 Å². The van der Waals surface area contributed by atoms with Crippen molar-refractivity contribution < 1.29 is 0 Å². The van der Waals surface area contributed by atoms with Crippen LogP contribution in [0.3, 0.4) is 0 Å². The molecule has 1 N–H and O–H groups in total. The largest absolute Gasteiger partial charge is 0.316 e. The highest BCUT2D eigenvalue weighted by molar-refractivity contribution is 4.88. The second-order valence-corrected chi connectivity index (χ2v) is 5.92. The lowest BCUT2D eigenvalue weighted by molar-refractivity contribution is 0.203. The summed E-state index contributed by atoms with van der Waals surface area (Å²) < 4.78 is 0. The number of nitrogens with zero attached hydrogens (tertiary/aromatic N) is 1. The molecule has 2 atom stereocenters. The van der Waals surface area contributed by atoms with Crippen LogP contribution >= 0.6 is 0 Å². The van der Waals surface area contributed by atoms with Crippen LogP contribution in [0.1, 0.15) is 39.5 Å². The third-order valence-corrected chi connectivity index (χ3v) is 4.13. The second kappa shape index (κ2) is 4.84. The summed E-state index contributed by atoms with van der Waals surface area (Å²) in [6, 6.07) is 0. The van der Waals surface area contributed by atoms with Gasteiger partial charge in [-0.1, -0.05) is 20.3 Å². The number of rotatable bonds is 4. The van der Waals surface area contributed by atoms with Crippen molar-refractivity contribution in [2.45, 2.75) is 39.5 Å². The molecule has 0 aromatic carbocycles. The number of nitrogens with one attached hydrogen (secondary N) is 1. The van der Waals surface area contributed by atoms with E-state index in [0.29, 0.717) is 5.41 Å². The standard InChI is InChI=1S/C13H26N2/c1-3-4-12-5-8-15(9-12)11-13(2)6-7-14-10-13/h12,14H,3-11H2,1-2H3. The molecule has 0 bridgehead atoms. The Morgan fingerprint density at radius 3 is 3.00 bits per heavy atom. The summed E-state index contributed by atoms with van der Waals surface area (Å²) in [5.41, 5.74) is 0.557. The van der Waals surface area contributed by atoms with E-state index >= 15 is 0 Å². The lowest BCUT2D eigenvalue weighted by atomic mass is 9.89. The van der Waals surface area contributed by atoms with E-state index in [9.17, 15) is 0 Å². The maximum atomic E-state index is 3.50. The molecule has 2 unspecified atom stereocenters. The van der Waals surface area contributed by atoms with Gasteiger partial charge in [0.05, 0.1) is 0 Å². The second-order valence-electron chi connectivity index (χ2n) is 5.92. The van der Waals surface area contributed by atoms with Crippen LogP contribution in [-0.2, 0) is 0 Å². The molecule has 2 heterocycles. The van der Waals surface area contributed by atoms with Crippen LogP contribution in [0.4, 0.5) is 0 Å². The Kier molecular flexibility index (Phi) is 3.68. The molecule has 88 valence electrons. The Hall–Kier alpha value is -0.0800. The van der Waals surface area contributed by atoms with Crippen molar-refractivity contribution in [3.8, 4) is 0 Å². The van der Waals surface area contributed by atoms with Crippen molar-refractivity contribution in [1.29, 1.82) is 0 Å². The van der Waals surface area contributed by atoms with Crippen LogP contribution in [0, 0.1) is 11.3 Å². The van der Waals surface area contributed by atoms with Crippen molar-refractivity contribution in [3.05, 3.63) is 0 Å². The third-order valence-electron chi connectivity index (χ3n) is 4.13. The quantitative estimate of drug-likeness (QED) is 0.764. The van der Waals surface area contributed by atoms with Gasteiger partial charge in [0.1, 0.15) is 0 Å². The first-order chi connectivity index (χ1) is 7.22. The average Bonchev–Trinajstić information content (AvgIpc) is 2.77. The molecule has 2 heteroatoms. The van der Waals surface area contributed by atoms with Crippen LogP contribution in [0.15, 0.2) is 0 Å². The fourth-order valence-corrected chi connectivity index (χ4v) is 3.24. The van der Waals surface area contributed by atoms with Crippen LogP contribution < -0.4 is 5.32 Å². The summed E-state index contributed by atoms with van der Waals surface area (Å²) in [6.45, 7) is 11.2. The first kappa shape index (κ1) is 11.4. The predicted molar refractivity (Wildman–Crippen MR) is 65.0 cm³/mol. The van der Waals surface area contributed by atoms with Gasteiger partial charge in [-0.25, -0.2) is 0 Å². The van der Waals surface area contributed by atoms with Crippen LogP contribution in [0.2, 0.25) is 0 Å². The van der Waals surface area contributed by atoms with Gasteiger partial charge in [-0.2, -0.15) is 0 Å². The molecule has 0 aliphatic carbocycles. The number of likely N-dealkylation sites (tertiary alicyclic amines) is 1. The maximum Gasteiger partial charge on any atom is 0.00481 e. The van der Waals surface area contributed by atoms with Crippen molar-refractivity contribution in [3.63, 3.8) is 0 Å². The number of hydrogen-bond donors (Lipinski definition) is 1. The highest BCUT2D eigenvalue weighted by Crippen LogP contribution is 2.29. The summed E-state index contributed by atoms with van der Waals surface area (Å²) >= 11 is 0. The van der Waals surface area contributed by atoms with Gasteiger partial charge in [-0.3, -0.25) is 0 Å². The molecule has 0 aromatic heterocycles. The molecular formula is C13H26N2. The molecule has 0 radical (unpaired) electrons. The van der Waals surface area contributed by atoms with Gasteiger partial charge < -0.3 is 10.2 Å². The van der Waals surface area contributed by atoms with Crippen LogP contribution in [-0.4, -0.2) is 37.6 Å². The summed E-state index contributed by atoms with van der Waals surface area (Å²) in [5, 5.41) is 3.50. The molecule has 15 heavy (non-hydrogen) atoms. The lowest BCUT2D eigenvalue weighted by Gasteiger charge is -2.29. The Bertz CT molecular complexity index is 197. The van der Waals surface area contributed by atoms with E-state index in [-0.39, 0.29) is 0 Å². The van der Waals surface area contributed by atoms with Gasteiger partial charge in [0.2, 0.25) is 0 Å². The average molecular weight is 210 g/mol. The van der Waals surface area contributed by atoms with E-state index in [2.05, 4.69) is 24.1 Å². The SMILES string of the molecule is CCCC1CCN(CC2(C)CCNC2)C1. The highest BCUT2D eigenvalue weighted by Gasteiger charge is 2.33. The lowest BCUT2D eigenvalue weighted by Crippen LogP contribution is -2.36. The van der Waals surface area contributed by atoms with E-state index in [1.165, 1.54) is 58.4 Å². The zero-order chi connectivity index (χ0) is 10.7. The van der Waals surface area contributed by atoms with Gasteiger partial charge in [0, 0.05) is 19.6 Å². The fraction of sp³-hybridized carbons (Fsp3) is 1.00. The summed E-state index contributed by atoms with van der Waals surface area (Å²) in [7, 11) is 0. The van der Waals surface area contributed by atoms with Crippen molar-refractivity contribution in [2.75, 3.05) is 32.7 Å². The van der Waals surface area contributed by atoms with E-state index in [4.69, 9.17) is 0 Å². The fourth-order valence-electron chi connectivity index (χ4n) is 3.24. The number of hydrogen-bond acceptors (Lipinski definition) is 2. The Morgan fingerprint density at radius 1 is 1.47 bits per heavy atom. The first-order valence-electron chi connectivity index (χ1n) is 6.65. The van der Waals surface area contributed by atoms with Gasteiger partial charge in [-0.15, -0.1) is 0 Å². The van der Waals surface area contributed by atoms with Crippen LogP contribution in [0.25, 0.3) is 0 Å². The molecule has 2 fully saturated rings. The Labute approximate surface area is 94.4 Å². The zero-order valence-corrected chi connectivity index (χ0v) is 10.4. The molecule has 2 rings (SSSR count). The monoisotopic (exact) mass is 210 g/mol. The predicted octanol–water partition coefficient (Wildman–Crippen LogP) is 2.11. The highest BCUT2D eigenvalue weighted by atomic mass is 15.2. The smallest absolute Gasteiger partial charge is 0.00481 e. The van der Waals surface area contributed by atoms with Crippen LogP contribution in [0.5, 0.6) is 0 Å². The van der Waals surface area contributed by atoms with Gasteiger partial charge in [0.25, 0.3) is 0 Å². The van der Waals surface area contributed by atoms with E-state index in [1.807, 2.05) is 0 Å². The third kappa shape index (κ3) is 2.94. The molecule has 2 saturated heterocycles. The molecule has 0 saturated carbocycles. The molecule has 0 amide bonds. The first-order valence-corrected chi connectivity index (χ1v) is 6.65. The Morgan fingerprint density at radius 2 is 2.33 bits per heavy atom. The van der Waals surface area contributed by atoms with Crippen molar-refractivity contribution >= 4 is 0 Å². The van der Waals surface area contributed by atoms with E-state index < -0.39 is 0 Å². The molecule has 2 aliphatic heterocycles. The molecular weight excluding hydrogens is 184 g/mol. The zero-order valence-electron chi connectivity index (χ0n) is 10.4. The normalized spacial score (nSPS) is 37.6. The van der Waals surface area contributed by atoms with Crippen molar-refractivity contribution in [2.24, 2.45) is 11.3 Å². The van der Waals surface area contributed by atoms with Crippen molar-refractivity contribution in [1.82, 2.24) is 10.2 Å². The molecule has 0 aromatic rings. The molecule has 0 spiro atoms. The van der Waals surface area contributed by atoms with E-state index in [1.54, 1.807) is 0 Å². The molecule has 2 aliphatic rings. The van der Waals surface area contributed by atoms with E-state index in [0.717, 1.165) is 5.92 Å². The minimum Gasteiger partial charge on any atom is -0.316 e. The summed E-state index contributed by atoms with van der Waals surface area (Å²) in [5.74, 6) is 0.993. The molecule has 2 nitrogen and oxygen atoms in total. The summed E-state index contributed by atoms with van der Waals surface area (Å²) in [6.07, 6.45) is 5.60. The van der Waals surface area contributed by atoms with Gasteiger partial charge in [-0.05, 0) is 43.7 Å².